The van der Waals surface area contributed by atoms with Gasteiger partial charge in [-0.15, -0.1) is 0 Å². The van der Waals surface area contributed by atoms with Gasteiger partial charge in [-0.25, -0.2) is 4.98 Å². The summed E-state index contributed by atoms with van der Waals surface area (Å²) >= 11 is 12.0. The molecule has 0 bridgehead atoms. The molecule has 0 saturated carbocycles. The molecular formula is C15H14Cl2N2O2. The van der Waals surface area contributed by atoms with E-state index < -0.39 is 6.10 Å². The van der Waals surface area contributed by atoms with Gasteiger partial charge in [-0.3, -0.25) is 4.79 Å². The van der Waals surface area contributed by atoms with Crippen LogP contribution in [0.4, 0.5) is 0 Å². The van der Waals surface area contributed by atoms with E-state index in [0.717, 1.165) is 5.69 Å². The third-order valence-electron chi connectivity index (χ3n) is 2.91. The maximum Gasteiger partial charge on any atom is 0.269 e. The van der Waals surface area contributed by atoms with Crippen LogP contribution in [0, 0.1) is 6.92 Å². The largest absolute Gasteiger partial charge is 0.386 e. The smallest absolute Gasteiger partial charge is 0.269 e. The number of hydrogen-bond acceptors (Lipinski definition) is 3. The Morgan fingerprint density at radius 1 is 1.24 bits per heavy atom. The van der Waals surface area contributed by atoms with E-state index in [4.69, 9.17) is 23.2 Å². The molecule has 1 atom stereocenters. The van der Waals surface area contributed by atoms with E-state index in [1.54, 1.807) is 43.3 Å². The Labute approximate surface area is 132 Å². The van der Waals surface area contributed by atoms with Crippen LogP contribution in [0.25, 0.3) is 0 Å². The number of nitrogens with zero attached hydrogens (tertiary/aromatic N) is 1. The van der Waals surface area contributed by atoms with Crippen molar-refractivity contribution in [3.05, 3.63) is 63.4 Å². The van der Waals surface area contributed by atoms with Gasteiger partial charge in [0.25, 0.3) is 5.91 Å². The van der Waals surface area contributed by atoms with Crippen LogP contribution in [0.5, 0.6) is 0 Å². The molecule has 1 unspecified atom stereocenters. The number of benzene rings is 1. The molecule has 0 fully saturated rings. The van der Waals surface area contributed by atoms with Crippen LogP contribution in [-0.2, 0) is 0 Å². The van der Waals surface area contributed by atoms with Crippen LogP contribution >= 0.6 is 23.2 Å². The molecule has 1 amide bonds. The van der Waals surface area contributed by atoms with Gasteiger partial charge in [-0.2, -0.15) is 0 Å². The number of carbonyl (C=O) groups excluding carboxylic acids is 1. The molecule has 110 valence electrons. The van der Waals surface area contributed by atoms with E-state index in [1.165, 1.54) is 0 Å². The number of halogens is 2. The van der Waals surface area contributed by atoms with Crippen molar-refractivity contribution in [1.82, 2.24) is 10.3 Å². The summed E-state index contributed by atoms with van der Waals surface area (Å²) in [7, 11) is 0. The fraction of sp³-hybridized carbons (Fsp3) is 0.200. The summed E-state index contributed by atoms with van der Waals surface area (Å²) in [4.78, 5) is 16.1. The zero-order valence-electron chi connectivity index (χ0n) is 11.3. The Hall–Kier alpha value is -1.62. The molecule has 0 aliphatic rings. The molecule has 6 heteroatoms. The number of aryl methyl sites for hydroxylation is 1. The van der Waals surface area contributed by atoms with Crippen molar-refractivity contribution in [2.45, 2.75) is 13.0 Å². The number of aliphatic hydroxyl groups excluding tert-OH is 1. The molecule has 2 aromatic rings. The third kappa shape index (κ3) is 3.94. The van der Waals surface area contributed by atoms with Gasteiger partial charge in [0.05, 0.1) is 6.10 Å². The van der Waals surface area contributed by atoms with Crippen molar-refractivity contribution in [1.29, 1.82) is 0 Å². The number of nitrogens with one attached hydrogen (secondary N) is 1. The van der Waals surface area contributed by atoms with Gasteiger partial charge in [0.15, 0.2) is 0 Å². The fourth-order valence-electron chi connectivity index (χ4n) is 1.88. The van der Waals surface area contributed by atoms with Gasteiger partial charge in [-0.05, 0) is 31.2 Å². The summed E-state index contributed by atoms with van der Waals surface area (Å²) in [6.45, 7) is 1.80. The predicted molar refractivity (Wildman–Crippen MR) is 82.7 cm³/mol. The second-order valence-electron chi connectivity index (χ2n) is 4.53. The zero-order valence-corrected chi connectivity index (χ0v) is 12.8. The Bertz CT molecular complexity index is 642. The monoisotopic (exact) mass is 324 g/mol. The van der Waals surface area contributed by atoms with Gasteiger partial charge < -0.3 is 10.4 Å². The molecule has 1 aromatic carbocycles. The lowest BCUT2D eigenvalue weighted by Gasteiger charge is -2.15. The molecule has 4 nitrogen and oxygen atoms in total. The van der Waals surface area contributed by atoms with Gasteiger partial charge in [0, 0.05) is 27.8 Å². The first-order valence-corrected chi connectivity index (χ1v) is 7.08. The Balaban J connectivity index is 2.04. The SMILES string of the molecule is Cc1cccc(C(=O)NCC(O)c2c(Cl)cccc2Cl)n1. The summed E-state index contributed by atoms with van der Waals surface area (Å²) in [6, 6.07) is 10.1. The highest BCUT2D eigenvalue weighted by Crippen LogP contribution is 2.29. The minimum absolute atomic E-state index is 0.00207. The van der Waals surface area contributed by atoms with Gasteiger partial charge in [0.1, 0.15) is 5.69 Å². The normalized spacial score (nSPS) is 12.0. The van der Waals surface area contributed by atoms with Crippen molar-refractivity contribution in [3.63, 3.8) is 0 Å². The minimum atomic E-state index is -0.986. The highest BCUT2D eigenvalue weighted by atomic mass is 35.5. The Kier molecular flexibility index (Phi) is 5.17. The first kappa shape index (κ1) is 15.8. The molecular weight excluding hydrogens is 311 g/mol. The molecule has 0 aliphatic heterocycles. The number of pyridine rings is 1. The highest BCUT2D eigenvalue weighted by molar-refractivity contribution is 6.36. The average Bonchev–Trinajstić information content (AvgIpc) is 2.44. The van der Waals surface area contributed by atoms with Crippen molar-refractivity contribution in [3.8, 4) is 0 Å². The predicted octanol–water partition coefficient (Wildman–Crippen LogP) is 3.16. The molecule has 1 aromatic heterocycles. The molecule has 0 saturated heterocycles. The first-order valence-electron chi connectivity index (χ1n) is 6.33. The van der Waals surface area contributed by atoms with Crippen LogP contribution < -0.4 is 5.32 Å². The van der Waals surface area contributed by atoms with E-state index in [-0.39, 0.29) is 12.5 Å². The summed E-state index contributed by atoms with van der Waals surface area (Å²) in [6.07, 6.45) is -0.986. The molecule has 2 N–H and O–H groups in total. The van der Waals surface area contributed by atoms with Crippen molar-refractivity contribution in [2.75, 3.05) is 6.54 Å². The van der Waals surface area contributed by atoms with Crippen LogP contribution in [0.1, 0.15) is 27.8 Å². The maximum absolute atomic E-state index is 12.0. The number of aromatic nitrogens is 1. The van der Waals surface area contributed by atoms with E-state index in [1.807, 2.05) is 0 Å². The molecule has 0 aliphatic carbocycles. The molecule has 1 heterocycles. The van der Waals surface area contributed by atoms with Crippen LogP contribution in [0.3, 0.4) is 0 Å². The fourth-order valence-corrected chi connectivity index (χ4v) is 2.53. The number of rotatable bonds is 4. The number of carbonyl (C=O) groups is 1. The van der Waals surface area contributed by atoms with Crippen LogP contribution in [-0.4, -0.2) is 22.5 Å². The number of amides is 1. The lowest BCUT2D eigenvalue weighted by Crippen LogP contribution is -2.29. The lowest BCUT2D eigenvalue weighted by atomic mass is 10.1. The van der Waals surface area contributed by atoms with Gasteiger partial charge in [0.2, 0.25) is 0 Å². The Morgan fingerprint density at radius 2 is 1.86 bits per heavy atom. The summed E-state index contributed by atoms with van der Waals surface area (Å²) < 4.78 is 0. The van der Waals surface area contributed by atoms with E-state index >= 15 is 0 Å². The number of hydrogen-bond donors (Lipinski definition) is 2. The second kappa shape index (κ2) is 6.89. The van der Waals surface area contributed by atoms with E-state index in [0.29, 0.717) is 21.3 Å². The minimum Gasteiger partial charge on any atom is -0.386 e. The molecule has 21 heavy (non-hydrogen) atoms. The van der Waals surface area contributed by atoms with Crippen molar-refractivity contribution >= 4 is 29.1 Å². The second-order valence-corrected chi connectivity index (χ2v) is 5.34. The molecule has 0 radical (unpaired) electrons. The molecule has 2 rings (SSSR count). The van der Waals surface area contributed by atoms with Crippen molar-refractivity contribution in [2.24, 2.45) is 0 Å². The number of aliphatic hydroxyl groups is 1. The van der Waals surface area contributed by atoms with Gasteiger partial charge in [-0.1, -0.05) is 35.3 Å². The Morgan fingerprint density at radius 3 is 2.48 bits per heavy atom. The van der Waals surface area contributed by atoms with Gasteiger partial charge >= 0.3 is 0 Å². The topological polar surface area (TPSA) is 62.2 Å². The van der Waals surface area contributed by atoms with Crippen molar-refractivity contribution < 1.29 is 9.90 Å². The highest BCUT2D eigenvalue weighted by Gasteiger charge is 2.17. The van der Waals surface area contributed by atoms with Crippen LogP contribution in [0.2, 0.25) is 10.0 Å². The summed E-state index contributed by atoms with van der Waals surface area (Å²) in [5.41, 5.74) is 1.45. The van der Waals surface area contributed by atoms with E-state index in [9.17, 15) is 9.90 Å². The standard InChI is InChI=1S/C15H14Cl2N2O2/c1-9-4-2-7-12(19-9)15(21)18-8-13(20)14-10(16)5-3-6-11(14)17/h2-7,13,20H,8H2,1H3,(H,18,21). The molecule has 0 spiro atoms. The first-order chi connectivity index (χ1) is 9.99. The quantitative estimate of drug-likeness (QED) is 0.908. The summed E-state index contributed by atoms with van der Waals surface area (Å²) in [5, 5.41) is 13.5. The zero-order chi connectivity index (χ0) is 15.4. The maximum atomic E-state index is 12.0. The lowest BCUT2D eigenvalue weighted by molar-refractivity contribution is 0.0911. The third-order valence-corrected chi connectivity index (χ3v) is 3.57. The average molecular weight is 325 g/mol. The van der Waals surface area contributed by atoms with E-state index in [2.05, 4.69) is 10.3 Å². The van der Waals surface area contributed by atoms with Crippen LogP contribution in [0.15, 0.2) is 36.4 Å². The summed E-state index contributed by atoms with van der Waals surface area (Å²) in [5.74, 6) is -0.360.